The van der Waals surface area contributed by atoms with Crippen molar-refractivity contribution in [2.24, 2.45) is 0 Å². The van der Waals surface area contributed by atoms with Crippen molar-refractivity contribution in [3.63, 3.8) is 0 Å². The minimum absolute atomic E-state index is 0.0140. The van der Waals surface area contributed by atoms with Gasteiger partial charge in [0.15, 0.2) is 0 Å². The minimum Gasteiger partial charge on any atom is -0.478 e. The molecule has 7 nitrogen and oxygen atoms in total. The molecule has 4 rings (SSSR count). The number of unbranched alkanes of at least 4 members (excludes halogenated alkanes) is 1. The van der Waals surface area contributed by atoms with Gasteiger partial charge < -0.3 is 14.9 Å². The number of aromatic carboxylic acids is 1. The highest BCUT2D eigenvalue weighted by molar-refractivity contribution is 7.89. The molecule has 35 heavy (non-hydrogen) atoms. The molecule has 0 aliphatic carbocycles. The first-order valence-electron chi connectivity index (χ1n) is 12.9. The van der Waals surface area contributed by atoms with Crippen molar-refractivity contribution in [2.75, 3.05) is 50.7 Å². The minimum atomic E-state index is -3.85. The number of hydrogen-bond acceptors (Lipinski definition) is 5. The first kappa shape index (κ1) is 25.7. The highest BCUT2D eigenvalue weighted by Crippen LogP contribution is 2.40. The normalized spacial score (nSPS) is 17.2. The van der Waals surface area contributed by atoms with Gasteiger partial charge in [0.25, 0.3) is 0 Å². The summed E-state index contributed by atoms with van der Waals surface area (Å²) in [6, 6.07) is 12.6. The van der Waals surface area contributed by atoms with Gasteiger partial charge in [0.05, 0.1) is 10.5 Å². The summed E-state index contributed by atoms with van der Waals surface area (Å²) in [5.74, 6) is -1.11. The van der Waals surface area contributed by atoms with Crippen molar-refractivity contribution in [1.29, 1.82) is 0 Å². The van der Waals surface area contributed by atoms with Crippen LogP contribution in [0.2, 0.25) is 0 Å². The van der Waals surface area contributed by atoms with E-state index in [1.807, 2.05) is 30.3 Å². The van der Waals surface area contributed by atoms with E-state index < -0.39 is 16.0 Å². The molecule has 2 aromatic carbocycles. The molecule has 2 aliphatic heterocycles. The fourth-order valence-electron chi connectivity index (χ4n) is 5.11. The van der Waals surface area contributed by atoms with Crippen LogP contribution in [-0.2, 0) is 10.0 Å². The van der Waals surface area contributed by atoms with E-state index in [4.69, 9.17) is 0 Å². The van der Waals surface area contributed by atoms with Crippen molar-refractivity contribution in [3.8, 4) is 11.1 Å². The third-order valence-electron chi connectivity index (χ3n) is 7.08. The van der Waals surface area contributed by atoms with E-state index >= 15 is 0 Å². The van der Waals surface area contributed by atoms with Crippen LogP contribution in [0.25, 0.3) is 11.1 Å². The van der Waals surface area contributed by atoms with Gasteiger partial charge in [-0.05, 0) is 62.9 Å². The summed E-state index contributed by atoms with van der Waals surface area (Å²) >= 11 is 0. The second-order valence-corrected chi connectivity index (χ2v) is 11.4. The molecule has 2 heterocycles. The molecule has 0 amide bonds. The molecule has 190 valence electrons. The highest BCUT2D eigenvalue weighted by atomic mass is 32.2. The van der Waals surface area contributed by atoms with Crippen molar-refractivity contribution < 1.29 is 18.3 Å². The van der Waals surface area contributed by atoms with Gasteiger partial charge in [-0.15, -0.1) is 0 Å². The van der Waals surface area contributed by atoms with Crippen molar-refractivity contribution in [2.45, 2.75) is 50.3 Å². The number of rotatable bonds is 11. The fraction of sp³-hybridized carbons (Fsp3) is 0.519. The van der Waals surface area contributed by atoms with E-state index in [2.05, 4.69) is 16.7 Å². The molecule has 2 aromatic rings. The van der Waals surface area contributed by atoms with Crippen LogP contribution < -0.4 is 4.90 Å². The third kappa shape index (κ3) is 5.88. The van der Waals surface area contributed by atoms with Crippen molar-refractivity contribution >= 4 is 21.7 Å². The molecule has 0 saturated carbocycles. The fourth-order valence-corrected chi connectivity index (χ4v) is 6.88. The average molecular weight is 500 g/mol. The van der Waals surface area contributed by atoms with Crippen LogP contribution in [-0.4, -0.2) is 74.5 Å². The number of carboxylic acid groups (broad SMARTS) is 1. The summed E-state index contributed by atoms with van der Waals surface area (Å²) in [5, 5.41) is 9.95. The Morgan fingerprint density at radius 2 is 1.63 bits per heavy atom. The van der Waals surface area contributed by atoms with Gasteiger partial charge in [0.1, 0.15) is 0 Å². The van der Waals surface area contributed by atoms with Crippen LogP contribution >= 0.6 is 0 Å². The Kier molecular flexibility index (Phi) is 8.46. The molecule has 0 unspecified atom stereocenters. The predicted octanol–water partition coefficient (Wildman–Crippen LogP) is 4.54. The van der Waals surface area contributed by atoms with Gasteiger partial charge in [-0.25, -0.2) is 13.2 Å². The van der Waals surface area contributed by atoms with Gasteiger partial charge in [0, 0.05) is 44.0 Å². The summed E-state index contributed by atoms with van der Waals surface area (Å²) in [5.41, 5.74) is 2.11. The number of anilines is 1. The van der Waals surface area contributed by atoms with Crippen molar-refractivity contribution in [1.82, 2.24) is 9.21 Å². The van der Waals surface area contributed by atoms with E-state index in [-0.39, 0.29) is 10.5 Å². The number of sulfonamides is 1. The first-order chi connectivity index (χ1) is 16.9. The zero-order chi connectivity index (χ0) is 24.8. The van der Waals surface area contributed by atoms with Crippen LogP contribution in [0.15, 0.2) is 47.4 Å². The Balaban J connectivity index is 1.88. The Hall–Kier alpha value is -2.42. The average Bonchev–Trinajstić information content (AvgIpc) is 3.59. The lowest BCUT2D eigenvalue weighted by molar-refractivity contribution is 0.0696. The lowest BCUT2D eigenvalue weighted by atomic mass is 10.00. The number of carboxylic acids is 1. The predicted molar refractivity (Wildman–Crippen MR) is 140 cm³/mol. The van der Waals surface area contributed by atoms with Gasteiger partial charge in [0.2, 0.25) is 10.0 Å². The highest BCUT2D eigenvalue weighted by Gasteiger charge is 2.33. The maximum absolute atomic E-state index is 13.9. The van der Waals surface area contributed by atoms with E-state index in [1.165, 1.54) is 23.2 Å². The van der Waals surface area contributed by atoms with Crippen LogP contribution in [0.3, 0.4) is 0 Å². The molecule has 0 bridgehead atoms. The van der Waals surface area contributed by atoms with Crippen molar-refractivity contribution in [3.05, 3.63) is 48.0 Å². The Morgan fingerprint density at radius 3 is 2.26 bits per heavy atom. The Bertz CT molecular complexity index is 1110. The molecule has 0 aromatic heterocycles. The molecule has 8 heteroatoms. The summed E-state index contributed by atoms with van der Waals surface area (Å²) in [6.07, 6.45) is 6.00. The SMILES string of the molecule is CCCCN(CCN1CCCC1)c1cc(C(=O)O)cc(S(=O)(=O)N2CCCC2)c1-c1ccccc1. The lowest BCUT2D eigenvalue weighted by Crippen LogP contribution is -2.35. The number of nitrogens with zero attached hydrogens (tertiary/aromatic N) is 3. The molecular formula is C27H37N3O4S. The number of benzene rings is 2. The smallest absolute Gasteiger partial charge is 0.335 e. The van der Waals surface area contributed by atoms with Crippen LogP contribution in [0, 0.1) is 0 Å². The zero-order valence-corrected chi connectivity index (χ0v) is 21.5. The summed E-state index contributed by atoms with van der Waals surface area (Å²) in [7, 11) is -3.85. The van der Waals surface area contributed by atoms with Crippen LogP contribution in [0.1, 0.15) is 55.8 Å². The van der Waals surface area contributed by atoms with E-state index in [0.717, 1.165) is 64.0 Å². The van der Waals surface area contributed by atoms with Crippen LogP contribution in [0.4, 0.5) is 5.69 Å². The Morgan fingerprint density at radius 1 is 0.971 bits per heavy atom. The molecule has 2 aliphatic rings. The topological polar surface area (TPSA) is 81.2 Å². The van der Waals surface area contributed by atoms with Gasteiger partial charge in [-0.1, -0.05) is 43.7 Å². The van der Waals surface area contributed by atoms with E-state index in [1.54, 1.807) is 6.07 Å². The first-order valence-corrected chi connectivity index (χ1v) is 14.3. The molecule has 0 atom stereocenters. The molecule has 0 spiro atoms. The maximum Gasteiger partial charge on any atom is 0.335 e. The van der Waals surface area contributed by atoms with Crippen LogP contribution in [0.5, 0.6) is 0 Å². The summed E-state index contributed by atoms with van der Waals surface area (Å²) < 4.78 is 29.2. The number of carbonyl (C=O) groups is 1. The maximum atomic E-state index is 13.9. The van der Waals surface area contributed by atoms with E-state index in [0.29, 0.717) is 24.3 Å². The van der Waals surface area contributed by atoms with E-state index in [9.17, 15) is 18.3 Å². The monoisotopic (exact) mass is 499 g/mol. The second kappa shape index (κ2) is 11.5. The largest absolute Gasteiger partial charge is 0.478 e. The molecular weight excluding hydrogens is 462 g/mol. The number of likely N-dealkylation sites (tertiary alicyclic amines) is 1. The quantitative estimate of drug-likeness (QED) is 0.489. The molecule has 2 saturated heterocycles. The number of hydrogen-bond donors (Lipinski definition) is 1. The zero-order valence-electron chi connectivity index (χ0n) is 20.7. The lowest BCUT2D eigenvalue weighted by Gasteiger charge is -2.31. The molecule has 1 N–H and O–H groups in total. The Labute approximate surface area is 209 Å². The molecule has 0 radical (unpaired) electrons. The van der Waals surface area contributed by atoms with Gasteiger partial charge >= 0.3 is 5.97 Å². The molecule has 2 fully saturated rings. The second-order valence-electron chi connectivity index (χ2n) is 9.54. The van der Waals surface area contributed by atoms with Gasteiger partial charge in [-0.2, -0.15) is 4.31 Å². The standard InChI is InChI=1S/C27H37N3O4S/c1-2-3-15-29(19-18-28-13-7-8-14-28)24-20-23(27(31)32)21-25(26(24)22-11-5-4-6-12-22)35(33,34)30-16-9-10-17-30/h4-6,11-12,20-21H,2-3,7-10,13-19H2,1H3,(H,31,32). The van der Waals surface area contributed by atoms with Gasteiger partial charge in [-0.3, -0.25) is 0 Å². The summed E-state index contributed by atoms with van der Waals surface area (Å²) in [6.45, 7) is 7.59. The summed E-state index contributed by atoms with van der Waals surface area (Å²) in [4.78, 5) is 16.9. The third-order valence-corrected chi connectivity index (χ3v) is 9.00.